The normalized spacial score (nSPS) is 15.4. The fourth-order valence-corrected chi connectivity index (χ4v) is 2.47. The van der Waals surface area contributed by atoms with E-state index in [1.54, 1.807) is 11.8 Å². The van der Waals surface area contributed by atoms with E-state index in [1.165, 1.54) is 17.7 Å². The van der Waals surface area contributed by atoms with Crippen molar-refractivity contribution in [1.82, 2.24) is 10.6 Å². The van der Waals surface area contributed by atoms with Gasteiger partial charge in [0, 0.05) is 28.3 Å². The maximum Gasteiger partial charge on any atom is 0.191 e. The summed E-state index contributed by atoms with van der Waals surface area (Å²) in [6, 6.07) is 8.58. The first kappa shape index (κ1) is 14.5. The van der Waals surface area contributed by atoms with Gasteiger partial charge in [0.25, 0.3) is 0 Å². The number of halogens is 1. The molecule has 0 atom stereocenters. The Labute approximate surface area is 124 Å². The predicted molar refractivity (Wildman–Crippen MR) is 84.3 cm³/mol. The summed E-state index contributed by atoms with van der Waals surface area (Å²) in [6.45, 7) is 3.81. The second kappa shape index (κ2) is 7.65. The van der Waals surface area contributed by atoms with Crippen LogP contribution in [0.4, 0.5) is 0 Å². The predicted octanol–water partition coefficient (Wildman–Crippen LogP) is 3.15. The largest absolute Gasteiger partial charge is 0.357 e. The molecule has 1 aliphatic rings. The smallest absolute Gasteiger partial charge is 0.191 e. The van der Waals surface area contributed by atoms with Crippen molar-refractivity contribution in [2.75, 3.05) is 18.8 Å². The Bertz CT molecular complexity index is 415. The summed E-state index contributed by atoms with van der Waals surface area (Å²) < 4.78 is 0. The average Bonchev–Trinajstić information content (AvgIpc) is 3.21. The molecule has 2 N–H and O–H groups in total. The topological polar surface area (TPSA) is 36.4 Å². The molecule has 0 unspecified atom stereocenters. The lowest BCUT2D eigenvalue weighted by Crippen LogP contribution is -2.38. The molecule has 2 rings (SSSR count). The van der Waals surface area contributed by atoms with Crippen LogP contribution in [0, 0.1) is 0 Å². The Hall–Kier alpha value is -0.870. The number of nitrogens with zero attached hydrogens (tertiary/aromatic N) is 1. The molecule has 3 nitrogen and oxygen atoms in total. The first-order valence-electron chi connectivity index (χ1n) is 6.71. The lowest BCUT2D eigenvalue weighted by Gasteiger charge is -2.09. The maximum absolute atomic E-state index is 5.86. The Morgan fingerprint density at radius 2 is 2.11 bits per heavy atom. The molecule has 1 fully saturated rings. The first-order chi connectivity index (χ1) is 9.28. The van der Waals surface area contributed by atoms with Crippen LogP contribution < -0.4 is 10.6 Å². The van der Waals surface area contributed by atoms with Crippen LogP contribution in [-0.4, -0.2) is 30.8 Å². The van der Waals surface area contributed by atoms with Crippen LogP contribution in [0.5, 0.6) is 0 Å². The van der Waals surface area contributed by atoms with E-state index < -0.39 is 0 Å². The first-order valence-corrected chi connectivity index (χ1v) is 8.07. The van der Waals surface area contributed by atoms with Crippen LogP contribution in [-0.2, 0) is 0 Å². The van der Waals surface area contributed by atoms with Gasteiger partial charge in [-0.15, -0.1) is 11.8 Å². The zero-order valence-corrected chi connectivity index (χ0v) is 12.7. The van der Waals surface area contributed by atoms with Gasteiger partial charge in [0.2, 0.25) is 0 Å². The molecule has 0 aliphatic heterocycles. The standard InChI is InChI=1S/C14H20ClN3S/c1-2-16-14(18-12-5-6-12)17-9-10-19-13-7-3-11(15)4-8-13/h3-4,7-8,12H,2,5-6,9-10H2,1H3,(H2,16,17,18). The minimum atomic E-state index is 0.640. The van der Waals surface area contributed by atoms with E-state index in [4.69, 9.17) is 11.6 Å². The molecular formula is C14H20ClN3S. The highest BCUT2D eigenvalue weighted by Crippen LogP contribution is 2.20. The Morgan fingerprint density at radius 1 is 1.37 bits per heavy atom. The third-order valence-corrected chi connectivity index (χ3v) is 3.95. The van der Waals surface area contributed by atoms with Crippen molar-refractivity contribution in [2.24, 2.45) is 4.99 Å². The number of nitrogens with one attached hydrogen (secondary N) is 2. The summed E-state index contributed by atoms with van der Waals surface area (Å²) in [6.07, 6.45) is 2.54. The highest BCUT2D eigenvalue weighted by Gasteiger charge is 2.21. The third-order valence-electron chi connectivity index (χ3n) is 2.71. The summed E-state index contributed by atoms with van der Waals surface area (Å²) >= 11 is 7.66. The molecule has 1 saturated carbocycles. The van der Waals surface area contributed by atoms with Crippen LogP contribution in [0.3, 0.4) is 0 Å². The van der Waals surface area contributed by atoms with Gasteiger partial charge in [0.15, 0.2) is 5.96 Å². The summed E-state index contributed by atoms with van der Waals surface area (Å²) in [5.41, 5.74) is 0. The SMILES string of the molecule is CCNC(=NCCSc1ccc(Cl)cc1)NC1CC1. The highest BCUT2D eigenvalue weighted by atomic mass is 35.5. The summed E-state index contributed by atoms with van der Waals surface area (Å²) in [5.74, 6) is 1.92. The minimum absolute atomic E-state index is 0.640. The fraction of sp³-hybridized carbons (Fsp3) is 0.500. The van der Waals surface area contributed by atoms with E-state index >= 15 is 0 Å². The molecule has 0 amide bonds. The molecule has 0 spiro atoms. The zero-order valence-electron chi connectivity index (χ0n) is 11.2. The van der Waals surface area contributed by atoms with Crippen molar-refractivity contribution in [3.8, 4) is 0 Å². The Morgan fingerprint density at radius 3 is 2.74 bits per heavy atom. The van der Waals surface area contributed by atoms with Gasteiger partial charge >= 0.3 is 0 Å². The Kier molecular flexibility index (Phi) is 5.86. The van der Waals surface area contributed by atoms with Gasteiger partial charge < -0.3 is 10.6 Å². The fourth-order valence-electron chi connectivity index (χ4n) is 1.59. The van der Waals surface area contributed by atoms with Crippen LogP contribution in [0.1, 0.15) is 19.8 Å². The molecule has 0 aromatic heterocycles. The lowest BCUT2D eigenvalue weighted by atomic mass is 10.4. The molecule has 19 heavy (non-hydrogen) atoms. The zero-order chi connectivity index (χ0) is 13.5. The van der Waals surface area contributed by atoms with E-state index in [1.807, 2.05) is 24.3 Å². The van der Waals surface area contributed by atoms with Crippen molar-refractivity contribution >= 4 is 29.3 Å². The van der Waals surface area contributed by atoms with E-state index in [2.05, 4.69) is 22.5 Å². The van der Waals surface area contributed by atoms with Crippen molar-refractivity contribution < 1.29 is 0 Å². The molecule has 104 valence electrons. The molecule has 1 aromatic rings. The molecule has 0 saturated heterocycles. The van der Waals surface area contributed by atoms with Gasteiger partial charge in [-0.05, 0) is 44.0 Å². The van der Waals surface area contributed by atoms with Crippen LogP contribution in [0.25, 0.3) is 0 Å². The Balaban J connectivity index is 1.72. The number of hydrogen-bond acceptors (Lipinski definition) is 2. The van der Waals surface area contributed by atoms with Gasteiger partial charge in [-0.25, -0.2) is 0 Å². The van der Waals surface area contributed by atoms with E-state index in [0.717, 1.165) is 29.8 Å². The van der Waals surface area contributed by atoms with Gasteiger partial charge in [-0.3, -0.25) is 4.99 Å². The molecule has 1 aliphatic carbocycles. The summed E-state index contributed by atoms with van der Waals surface area (Å²) in [5, 5.41) is 7.47. The van der Waals surface area contributed by atoms with Gasteiger partial charge in [0.05, 0.1) is 6.54 Å². The van der Waals surface area contributed by atoms with Gasteiger partial charge in [0.1, 0.15) is 0 Å². The maximum atomic E-state index is 5.86. The molecule has 0 radical (unpaired) electrons. The van der Waals surface area contributed by atoms with Gasteiger partial charge in [-0.1, -0.05) is 11.6 Å². The summed E-state index contributed by atoms with van der Waals surface area (Å²) in [7, 11) is 0. The van der Waals surface area contributed by atoms with Crippen LogP contribution in [0.15, 0.2) is 34.2 Å². The minimum Gasteiger partial charge on any atom is -0.357 e. The number of rotatable bonds is 6. The number of aliphatic imine (C=N–C) groups is 1. The van der Waals surface area contributed by atoms with E-state index in [9.17, 15) is 0 Å². The quantitative estimate of drug-likeness (QED) is 0.366. The van der Waals surface area contributed by atoms with Crippen molar-refractivity contribution in [2.45, 2.75) is 30.7 Å². The van der Waals surface area contributed by atoms with Crippen LogP contribution in [0.2, 0.25) is 5.02 Å². The molecule has 5 heteroatoms. The lowest BCUT2D eigenvalue weighted by molar-refractivity contribution is 0.817. The van der Waals surface area contributed by atoms with Crippen molar-refractivity contribution in [3.05, 3.63) is 29.3 Å². The molecular weight excluding hydrogens is 278 g/mol. The van der Waals surface area contributed by atoms with Gasteiger partial charge in [-0.2, -0.15) is 0 Å². The molecule has 0 heterocycles. The highest BCUT2D eigenvalue weighted by molar-refractivity contribution is 7.99. The second-order valence-electron chi connectivity index (χ2n) is 4.48. The van der Waals surface area contributed by atoms with Crippen LogP contribution >= 0.6 is 23.4 Å². The monoisotopic (exact) mass is 297 g/mol. The average molecular weight is 298 g/mol. The van der Waals surface area contributed by atoms with Crippen molar-refractivity contribution in [1.29, 1.82) is 0 Å². The molecule has 0 bridgehead atoms. The van der Waals surface area contributed by atoms with Crippen molar-refractivity contribution in [3.63, 3.8) is 0 Å². The number of benzene rings is 1. The van der Waals surface area contributed by atoms with E-state index in [0.29, 0.717) is 6.04 Å². The third kappa shape index (κ3) is 5.74. The second-order valence-corrected chi connectivity index (χ2v) is 6.09. The number of guanidine groups is 1. The van der Waals surface area contributed by atoms with E-state index in [-0.39, 0.29) is 0 Å². The number of hydrogen-bond donors (Lipinski definition) is 2. The number of thioether (sulfide) groups is 1. The molecule has 1 aromatic carbocycles. The summed E-state index contributed by atoms with van der Waals surface area (Å²) in [4.78, 5) is 5.81.